The normalized spacial score (nSPS) is 14.8. The number of allylic oxidation sites excluding steroid dienone is 1. The summed E-state index contributed by atoms with van der Waals surface area (Å²) < 4.78 is 17.1. The van der Waals surface area contributed by atoms with Gasteiger partial charge in [-0.2, -0.15) is 0 Å². The number of fused-ring (bicyclic) bond motifs is 4. The number of hydrogen-bond acceptors (Lipinski definition) is 7. The van der Waals surface area contributed by atoms with Gasteiger partial charge in [0.2, 0.25) is 5.43 Å². The van der Waals surface area contributed by atoms with Crippen molar-refractivity contribution in [1.82, 2.24) is 0 Å². The van der Waals surface area contributed by atoms with E-state index in [1.165, 1.54) is 25.3 Å². The van der Waals surface area contributed by atoms with E-state index in [0.29, 0.717) is 11.3 Å². The van der Waals surface area contributed by atoms with E-state index in [-0.39, 0.29) is 45.3 Å². The van der Waals surface area contributed by atoms with Crippen molar-refractivity contribution in [2.24, 2.45) is 0 Å². The summed E-state index contributed by atoms with van der Waals surface area (Å²) in [5.41, 5.74) is 1.04. The Kier molecular flexibility index (Phi) is 3.96. The van der Waals surface area contributed by atoms with Gasteiger partial charge in [-0.3, -0.25) is 4.79 Å². The Balaban J connectivity index is 2.13. The molecule has 0 radical (unpaired) electrons. The molecule has 1 aliphatic heterocycles. The van der Waals surface area contributed by atoms with Crippen LogP contribution in [-0.4, -0.2) is 22.4 Å². The lowest BCUT2D eigenvalue weighted by Crippen LogP contribution is -2.22. The van der Waals surface area contributed by atoms with Crippen LogP contribution >= 0.6 is 0 Å². The highest BCUT2D eigenvalue weighted by Crippen LogP contribution is 2.48. The number of phenols is 3. The maximum Gasteiger partial charge on any atom is 0.204 e. The lowest BCUT2D eigenvalue weighted by atomic mass is 9.95. The van der Waals surface area contributed by atoms with Gasteiger partial charge in [0.25, 0.3) is 0 Å². The third-order valence-electron chi connectivity index (χ3n) is 4.54. The van der Waals surface area contributed by atoms with E-state index in [1.807, 2.05) is 13.8 Å². The van der Waals surface area contributed by atoms with Gasteiger partial charge in [-0.05, 0) is 26.0 Å². The topological polar surface area (TPSA) is 109 Å². The smallest absolute Gasteiger partial charge is 0.204 e. The van der Waals surface area contributed by atoms with Crippen LogP contribution in [0.4, 0.5) is 0 Å². The average Bonchev–Trinajstić information content (AvgIpc) is 2.60. The summed E-state index contributed by atoms with van der Waals surface area (Å²) in [7, 11) is 1.42. The van der Waals surface area contributed by atoms with Crippen LogP contribution in [0.3, 0.4) is 0 Å². The molecule has 1 unspecified atom stereocenters. The first kappa shape index (κ1) is 17.8. The molecule has 0 bridgehead atoms. The van der Waals surface area contributed by atoms with Gasteiger partial charge < -0.3 is 29.2 Å². The van der Waals surface area contributed by atoms with Gasteiger partial charge in [-0.15, -0.1) is 0 Å². The average molecular weight is 382 g/mol. The van der Waals surface area contributed by atoms with Crippen LogP contribution in [0.25, 0.3) is 22.3 Å². The molecular weight excluding hydrogens is 364 g/mol. The van der Waals surface area contributed by atoms with E-state index in [0.717, 1.165) is 11.6 Å². The molecule has 0 amide bonds. The van der Waals surface area contributed by atoms with Crippen molar-refractivity contribution in [2.45, 2.75) is 20.0 Å². The zero-order chi connectivity index (χ0) is 20.2. The van der Waals surface area contributed by atoms with Gasteiger partial charge in [-0.25, -0.2) is 0 Å². The second kappa shape index (κ2) is 6.23. The first-order valence-corrected chi connectivity index (χ1v) is 8.56. The van der Waals surface area contributed by atoms with Crippen LogP contribution in [0.2, 0.25) is 0 Å². The van der Waals surface area contributed by atoms with Gasteiger partial charge in [0, 0.05) is 18.2 Å². The summed E-state index contributed by atoms with van der Waals surface area (Å²) in [6, 6.07) is 5.24. The largest absolute Gasteiger partial charge is 0.508 e. The van der Waals surface area contributed by atoms with E-state index < -0.39 is 11.5 Å². The van der Waals surface area contributed by atoms with Crippen molar-refractivity contribution in [3.63, 3.8) is 0 Å². The summed E-state index contributed by atoms with van der Waals surface area (Å²) in [4.78, 5) is 13.2. The van der Waals surface area contributed by atoms with Crippen LogP contribution in [0.1, 0.15) is 25.5 Å². The molecular formula is C21H18O7. The van der Waals surface area contributed by atoms with Gasteiger partial charge in [0.15, 0.2) is 11.5 Å². The second-order valence-electron chi connectivity index (χ2n) is 6.81. The fourth-order valence-corrected chi connectivity index (χ4v) is 3.36. The molecule has 4 rings (SSSR count). The van der Waals surface area contributed by atoms with Crippen LogP contribution in [0.15, 0.2) is 45.1 Å². The van der Waals surface area contributed by atoms with E-state index in [1.54, 1.807) is 6.08 Å². The minimum Gasteiger partial charge on any atom is -0.508 e. The van der Waals surface area contributed by atoms with E-state index >= 15 is 0 Å². The van der Waals surface area contributed by atoms with E-state index in [4.69, 9.17) is 13.9 Å². The monoisotopic (exact) mass is 382 g/mol. The number of benzene rings is 2. The predicted molar refractivity (Wildman–Crippen MR) is 102 cm³/mol. The van der Waals surface area contributed by atoms with Crippen molar-refractivity contribution >= 4 is 11.0 Å². The summed E-state index contributed by atoms with van der Waals surface area (Å²) in [5.74, 6) is 0.0277. The minimum absolute atomic E-state index is 0.0281. The lowest BCUT2D eigenvalue weighted by Gasteiger charge is -2.26. The molecule has 7 heteroatoms. The SMILES string of the molecule is COc1cc2c(cc1O)-c1oc3cc(O)cc(O)c3c(=O)c1C(C=C(C)C)O2. The number of phenolic OH excluding ortho intramolecular Hbond substituents is 3. The lowest BCUT2D eigenvalue weighted by molar-refractivity contribution is 0.242. The highest BCUT2D eigenvalue weighted by atomic mass is 16.5. The van der Waals surface area contributed by atoms with Crippen molar-refractivity contribution in [3.8, 4) is 40.1 Å². The van der Waals surface area contributed by atoms with E-state index in [2.05, 4.69) is 0 Å². The Labute approximate surface area is 159 Å². The summed E-state index contributed by atoms with van der Waals surface area (Å²) >= 11 is 0. The van der Waals surface area contributed by atoms with Gasteiger partial charge >= 0.3 is 0 Å². The number of methoxy groups -OCH3 is 1. The zero-order valence-corrected chi connectivity index (χ0v) is 15.4. The first-order valence-electron chi connectivity index (χ1n) is 8.56. The molecule has 7 nitrogen and oxygen atoms in total. The first-order chi connectivity index (χ1) is 13.3. The standard InChI is InChI=1S/C21H18O7/c1-9(2)4-16-19-20(25)18-13(24)5-10(22)6-17(18)28-21(19)11-7-12(23)15(26-3)8-14(11)27-16/h4-8,16,22-24H,1-3H3. The minimum atomic E-state index is -0.754. The maximum atomic E-state index is 13.2. The molecule has 2 aromatic carbocycles. The zero-order valence-electron chi connectivity index (χ0n) is 15.4. The van der Waals surface area contributed by atoms with Crippen molar-refractivity contribution < 1.29 is 29.2 Å². The maximum absolute atomic E-state index is 13.2. The van der Waals surface area contributed by atoms with Crippen molar-refractivity contribution in [1.29, 1.82) is 0 Å². The molecule has 144 valence electrons. The molecule has 3 aromatic rings. The number of aromatic hydroxyl groups is 3. The molecule has 0 fully saturated rings. The second-order valence-corrected chi connectivity index (χ2v) is 6.81. The third kappa shape index (κ3) is 2.63. The molecule has 1 aromatic heterocycles. The Morgan fingerprint density at radius 1 is 1.11 bits per heavy atom. The summed E-state index contributed by atoms with van der Waals surface area (Å²) in [6.45, 7) is 3.74. The predicted octanol–water partition coefficient (Wildman–Crippen LogP) is 3.99. The van der Waals surface area contributed by atoms with Crippen LogP contribution < -0.4 is 14.9 Å². The Bertz CT molecular complexity index is 1200. The molecule has 0 spiro atoms. The van der Waals surface area contributed by atoms with Crippen LogP contribution in [-0.2, 0) is 0 Å². The molecule has 3 N–H and O–H groups in total. The highest BCUT2D eigenvalue weighted by molar-refractivity contribution is 5.88. The Morgan fingerprint density at radius 3 is 2.54 bits per heavy atom. The fourth-order valence-electron chi connectivity index (χ4n) is 3.36. The highest BCUT2D eigenvalue weighted by Gasteiger charge is 2.33. The molecule has 1 atom stereocenters. The number of ether oxygens (including phenoxy) is 2. The van der Waals surface area contributed by atoms with E-state index in [9.17, 15) is 20.1 Å². The molecule has 28 heavy (non-hydrogen) atoms. The molecule has 0 aliphatic carbocycles. The number of hydrogen-bond donors (Lipinski definition) is 3. The quantitative estimate of drug-likeness (QED) is 0.575. The number of rotatable bonds is 2. The molecule has 0 saturated heterocycles. The summed E-state index contributed by atoms with van der Waals surface area (Å²) in [5, 5.41) is 30.1. The van der Waals surface area contributed by atoms with Gasteiger partial charge in [0.1, 0.15) is 40.1 Å². The van der Waals surface area contributed by atoms with Crippen LogP contribution in [0.5, 0.6) is 28.7 Å². The van der Waals surface area contributed by atoms with Crippen molar-refractivity contribution in [3.05, 3.63) is 51.7 Å². The third-order valence-corrected chi connectivity index (χ3v) is 4.54. The molecule has 1 aliphatic rings. The van der Waals surface area contributed by atoms with Gasteiger partial charge in [-0.1, -0.05) is 5.57 Å². The Hall–Kier alpha value is -3.61. The Morgan fingerprint density at radius 2 is 1.86 bits per heavy atom. The molecule has 0 saturated carbocycles. The van der Waals surface area contributed by atoms with Crippen molar-refractivity contribution in [2.75, 3.05) is 7.11 Å². The van der Waals surface area contributed by atoms with Gasteiger partial charge in [0.05, 0.1) is 18.2 Å². The van der Waals surface area contributed by atoms with Crippen LogP contribution in [0, 0.1) is 0 Å². The fraction of sp³-hybridized carbons (Fsp3) is 0.190. The molecule has 2 heterocycles. The summed E-state index contributed by atoms with van der Waals surface area (Å²) in [6.07, 6.45) is 1.01.